The molecule has 0 spiro atoms. The first kappa shape index (κ1) is 14.3. The van der Waals surface area contributed by atoms with Gasteiger partial charge in [0.1, 0.15) is 11.8 Å². The highest BCUT2D eigenvalue weighted by atomic mass is 16.6. The molecule has 2 rings (SSSR count). The molecule has 1 aromatic rings. The van der Waals surface area contributed by atoms with Crippen molar-refractivity contribution >= 4 is 11.9 Å². The van der Waals surface area contributed by atoms with Crippen molar-refractivity contribution in [1.29, 1.82) is 0 Å². The number of hydrogen-bond acceptors (Lipinski definition) is 5. The third-order valence-electron chi connectivity index (χ3n) is 2.89. The van der Waals surface area contributed by atoms with E-state index in [1.54, 1.807) is 19.1 Å². The van der Waals surface area contributed by atoms with Gasteiger partial charge in [-0.25, -0.2) is 4.79 Å². The molecule has 108 valence electrons. The van der Waals surface area contributed by atoms with Gasteiger partial charge in [-0.15, -0.1) is 0 Å². The third-order valence-corrected chi connectivity index (χ3v) is 2.89. The first-order valence-corrected chi connectivity index (χ1v) is 6.46. The number of ether oxygens (including phenoxy) is 2. The fourth-order valence-corrected chi connectivity index (χ4v) is 1.77. The van der Waals surface area contributed by atoms with E-state index in [1.807, 2.05) is 0 Å². The molecule has 1 aromatic carbocycles. The van der Waals surface area contributed by atoms with Gasteiger partial charge < -0.3 is 19.9 Å². The Kier molecular flexibility index (Phi) is 4.57. The van der Waals surface area contributed by atoms with E-state index in [0.29, 0.717) is 13.0 Å². The lowest BCUT2D eigenvalue weighted by molar-refractivity contribution is -0.147. The number of esters is 1. The summed E-state index contributed by atoms with van der Waals surface area (Å²) in [6, 6.07) is 5.70. The van der Waals surface area contributed by atoms with Crippen LogP contribution >= 0.6 is 0 Å². The van der Waals surface area contributed by atoms with Gasteiger partial charge in [-0.3, -0.25) is 4.79 Å². The molecule has 2 atom stereocenters. The zero-order valence-electron chi connectivity index (χ0n) is 11.2. The molecule has 1 saturated heterocycles. The SMILES string of the molecule is CCOC(=O)[C@H](Cc1ccc(O)cc1)NC(=O)[C@@H]1CO1. The fourth-order valence-electron chi connectivity index (χ4n) is 1.77. The molecule has 20 heavy (non-hydrogen) atoms. The van der Waals surface area contributed by atoms with E-state index in [4.69, 9.17) is 9.47 Å². The maximum absolute atomic E-state index is 11.9. The number of rotatable bonds is 6. The number of carbonyl (C=O) groups is 2. The number of benzene rings is 1. The molecule has 0 aliphatic carbocycles. The first-order chi connectivity index (χ1) is 9.60. The van der Waals surface area contributed by atoms with Gasteiger partial charge in [-0.1, -0.05) is 12.1 Å². The molecule has 1 heterocycles. The van der Waals surface area contributed by atoms with Gasteiger partial charge in [0.05, 0.1) is 13.2 Å². The maximum atomic E-state index is 11.9. The zero-order chi connectivity index (χ0) is 14.5. The molecule has 1 amide bonds. The Hall–Kier alpha value is -2.08. The minimum absolute atomic E-state index is 0.150. The number of amides is 1. The monoisotopic (exact) mass is 279 g/mol. The van der Waals surface area contributed by atoms with Gasteiger partial charge in [0.2, 0.25) is 0 Å². The number of hydrogen-bond donors (Lipinski definition) is 2. The smallest absolute Gasteiger partial charge is 0.328 e. The normalized spacial score (nSPS) is 18.1. The van der Waals surface area contributed by atoms with Crippen LogP contribution in [0.4, 0.5) is 0 Å². The Balaban J connectivity index is 2.02. The quantitative estimate of drug-likeness (QED) is 0.580. The number of phenols is 1. The van der Waals surface area contributed by atoms with Gasteiger partial charge in [0.15, 0.2) is 6.10 Å². The van der Waals surface area contributed by atoms with E-state index < -0.39 is 18.1 Å². The summed E-state index contributed by atoms with van der Waals surface area (Å²) in [5.74, 6) is -0.631. The van der Waals surface area contributed by atoms with Crippen LogP contribution in [0.2, 0.25) is 0 Å². The summed E-state index contributed by atoms with van der Waals surface area (Å²) in [5, 5.41) is 11.9. The molecular weight excluding hydrogens is 262 g/mol. The average molecular weight is 279 g/mol. The molecule has 0 aromatic heterocycles. The van der Waals surface area contributed by atoms with E-state index in [2.05, 4.69) is 5.32 Å². The number of epoxide rings is 1. The predicted octanol–water partition coefficient (Wildman–Crippen LogP) is 0.381. The maximum Gasteiger partial charge on any atom is 0.328 e. The Morgan fingerprint density at radius 3 is 2.65 bits per heavy atom. The Morgan fingerprint density at radius 2 is 2.10 bits per heavy atom. The Bertz CT molecular complexity index is 481. The molecule has 0 radical (unpaired) electrons. The van der Waals surface area contributed by atoms with Crippen molar-refractivity contribution in [3.05, 3.63) is 29.8 Å². The second kappa shape index (κ2) is 6.38. The van der Waals surface area contributed by atoms with Crippen molar-refractivity contribution in [2.75, 3.05) is 13.2 Å². The van der Waals surface area contributed by atoms with Crippen LogP contribution in [0.15, 0.2) is 24.3 Å². The van der Waals surface area contributed by atoms with E-state index >= 15 is 0 Å². The van der Waals surface area contributed by atoms with Crippen LogP contribution in [0.1, 0.15) is 12.5 Å². The highest BCUT2D eigenvalue weighted by Gasteiger charge is 2.34. The second-order valence-corrected chi connectivity index (χ2v) is 4.51. The molecule has 2 N–H and O–H groups in total. The fraction of sp³-hybridized carbons (Fsp3) is 0.429. The molecule has 0 saturated carbocycles. The number of phenolic OH excluding ortho intramolecular Hbond substituents is 1. The molecule has 6 heteroatoms. The summed E-state index contributed by atoms with van der Waals surface area (Å²) in [7, 11) is 0. The minimum atomic E-state index is -0.754. The van der Waals surface area contributed by atoms with Crippen molar-refractivity contribution in [2.24, 2.45) is 0 Å². The van der Waals surface area contributed by atoms with Crippen molar-refractivity contribution in [3.8, 4) is 5.75 Å². The molecule has 0 unspecified atom stereocenters. The first-order valence-electron chi connectivity index (χ1n) is 6.46. The van der Waals surface area contributed by atoms with Crippen LogP contribution in [-0.4, -0.2) is 42.3 Å². The molecule has 1 aliphatic rings. The summed E-state index contributed by atoms with van der Waals surface area (Å²) in [5.41, 5.74) is 0.817. The highest BCUT2D eigenvalue weighted by molar-refractivity contribution is 5.88. The average Bonchev–Trinajstić information content (AvgIpc) is 3.25. The van der Waals surface area contributed by atoms with Crippen LogP contribution in [0.3, 0.4) is 0 Å². The zero-order valence-corrected chi connectivity index (χ0v) is 11.2. The van der Waals surface area contributed by atoms with E-state index in [-0.39, 0.29) is 18.3 Å². The van der Waals surface area contributed by atoms with Gasteiger partial charge in [-0.05, 0) is 24.6 Å². The van der Waals surface area contributed by atoms with Gasteiger partial charge in [0.25, 0.3) is 5.91 Å². The minimum Gasteiger partial charge on any atom is -0.508 e. The standard InChI is InChI=1S/C14H17NO5/c1-2-19-14(18)11(15-13(17)12-8-20-12)7-9-3-5-10(16)6-4-9/h3-6,11-12,16H,2,7-8H2,1H3,(H,15,17)/t11-,12-/m0/s1. The molecule has 0 bridgehead atoms. The van der Waals surface area contributed by atoms with E-state index in [0.717, 1.165) is 5.56 Å². The lowest BCUT2D eigenvalue weighted by Gasteiger charge is -2.17. The van der Waals surface area contributed by atoms with Crippen LogP contribution in [0.25, 0.3) is 0 Å². The third kappa shape index (κ3) is 3.96. The summed E-state index contributed by atoms with van der Waals surface area (Å²) >= 11 is 0. The molecule has 1 aliphatic heterocycles. The molecule has 6 nitrogen and oxygen atoms in total. The predicted molar refractivity (Wildman–Crippen MR) is 70.1 cm³/mol. The molecular formula is C14H17NO5. The van der Waals surface area contributed by atoms with Crippen LogP contribution in [-0.2, 0) is 25.5 Å². The topological polar surface area (TPSA) is 88.2 Å². The Labute approximate surface area is 116 Å². The highest BCUT2D eigenvalue weighted by Crippen LogP contribution is 2.13. The van der Waals surface area contributed by atoms with Gasteiger partial charge in [-0.2, -0.15) is 0 Å². The van der Waals surface area contributed by atoms with Crippen molar-refractivity contribution in [2.45, 2.75) is 25.5 Å². The van der Waals surface area contributed by atoms with Gasteiger partial charge >= 0.3 is 5.97 Å². The summed E-state index contributed by atoms with van der Waals surface area (Å²) in [6.07, 6.45) is -0.149. The van der Waals surface area contributed by atoms with Gasteiger partial charge in [0, 0.05) is 6.42 Å². The van der Waals surface area contributed by atoms with E-state index in [9.17, 15) is 14.7 Å². The summed E-state index contributed by atoms with van der Waals surface area (Å²) < 4.78 is 9.84. The van der Waals surface area contributed by atoms with Crippen LogP contribution < -0.4 is 5.32 Å². The summed E-state index contributed by atoms with van der Waals surface area (Å²) in [6.45, 7) is 2.35. The Morgan fingerprint density at radius 1 is 1.45 bits per heavy atom. The lowest BCUT2D eigenvalue weighted by Crippen LogP contribution is -2.45. The lowest BCUT2D eigenvalue weighted by atomic mass is 10.1. The van der Waals surface area contributed by atoms with Crippen molar-refractivity contribution in [1.82, 2.24) is 5.32 Å². The molecule has 1 fully saturated rings. The van der Waals surface area contributed by atoms with E-state index in [1.165, 1.54) is 12.1 Å². The van der Waals surface area contributed by atoms with Crippen molar-refractivity contribution < 1.29 is 24.2 Å². The summed E-state index contributed by atoms with van der Waals surface area (Å²) in [4.78, 5) is 23.6. The van der Waals surface area contributed by atoms with Crippen LogP contribution in [0, 0.1) is 0 Å². The number of aromatic hydroxyl groups is 1. The number of nitrogens with one attached hydrogen (secondary N) is 1. The van der Waals surface area contributed by atoms with Crippen LogP contribution in [0.5, 0.6) is 5.75 Å². The largest absolute Gasteiger partial charge is 0.508 e. The number of carbonyl (C=O) groups excluding carboxylic acids is 2. The van der Waals surface area contributed by atoms with Crippen molar-refractivity contribution in [3.63, 3.8) is 0 Å². The second-order valence-electron chi connectivity index (χ2n) is 4.51.